The number of rotatable bonds is 4. The Balaban J connectivity index is 4.85. The van der Waals surface area contributed by atoms with Crippen LogP contribution < -0.4 is 0 Å². The van der Waals surface area contributed by atoms with E-state index in [9.17, 15) is 30.7 Å². The summed E-state index contributed by atoms with van der Waals surface area (Å²) < 4.78 is 83.1. The summed E-state index contributed by atoms with van der Waals surface area (Å²) in [5.74, 6) is -10.4. The van der Waals surface area contributed by atoms with Gasteiger partial charge in [-0.3, -0.25) is 0 Å². The molecule has 0 aromatic rings. The van der Waals surface area contributed by atoms with Crippen LogP contribution in [0.1, 0.15) is 0 Å². The zero-order valence-electron chi connectivity index (χ0n) is 6.14. The Labute approximate surface area is 69.0 Å². The molecule has 0 N–H and O–H groups in total. The molecule has 0 aromatic carbocycles. The Morgan fingerprint density at radius 1 is 1.15 bits per heavy atom. The van der Waals surface area contributed by atoms with Crippen LogP contribution in [-0.2, 0) is 0 Å². The molecular formula is C6H5F7. The molecule has 0 fully saturated rings. The van der Waals surface area contributed by atoms with Crippen LogP contribution in [-0.4, -0.2) is 24.9 Å². The Morgan fingerprint density at radius 3 is 1.77 bits per heavy atom. The van der Waals surface area contributed by atoms with Crippen molar-refractivity contribution in [2.24, 2.45) is 0 Å². The van der Waals surface area contributed by atoms with Crippen molar-refractivity contribution in [1.82, 2.24) is 0 Å². The van der Waals surface area contributed by atoms with Crippen LogP contribution in [0.25, 0.3) is 0 Å². The minimum Gasteiger partial charge on any atom is -0.244 e. The van der Waals surface area contributed by atoms with Crippen LogP contribution in [0.2, 0.25) is 0 Å². The number of hydrogen-bond donors (Lipinski definition) is 0. The van der Waals surface area contributed by atoms with Gasteiger partial charge in [-0.05, 0) is 0 Å². The molecule has 0 aromatic heterocycles. The van der Waals surface area contributed by atoms with Crippen LogP contribution in [0.3, 0.4) is 0 Å². The molecule has 0 aliphatic heterocycles. The van der Waals surface area contributed by atoms with Crippen molar-refractivity contribution in [2.45, 2.75) is 18.3 Å². The first kappa shape index (κ1) is 12.2. The zero-order valence-corrected chi connectivity index (χ0v) is 6.14. The van der Waals surface area contributed by atoms with E-state index in [1.54, 1.807) is 0 Å². The van der Waals surface area contributed by atoms with Gasteiger partial charge in [0.2, 0.25) is 0 Å². The molecule has 0 bridgehead atoms. The van der Waals surface area contributed by atoms with Gasteiger partial charge in [-0.2, -0.15) is 17.6 Å². The summed E-state index contributed by atoms with van der Waals surface area (Å²) in [7, 11) is 0. The molecule has 0 saturated carbocycles. The minimum atomic E-state index is -5.23. The fraction of sp³-hybridized carbons (Fsp3) is 0.667. The average molecular weight is 210 g/mol. The second-order valence-corrected chi connectivity index (χ2v) is 2.24. The lowest BCUT2D eigenvalue weighted by Crippen LogP contribution is -2.45. The summed E-state index contributed by atoms with van der Waals surface area (Å²) in [4.78, 5) is 0. The predicted octanol–water partition coefficient (Wildman–Crippen LogP) is 3.05. The van der Waals surface area contributed by atoms with Crippen molar-refractivity contribution < 1.29 is 30.7 Å². The number of alkyl halides is 7. The van der Waals surface area contributed by atoms with E-state index in [1.807, 2.05) is 0 Å². The van der Waals surface area contributed by atoms with Crippen molar-refractivity contribution in [3.63, 3.8) is 0 Å². The minimum absolute atomic E-state index is 2.09. The second kappa shape index (κ2) is 3.55. The van der Waals surface area contributed by atoms with Gasteiger partial charge in [0.25, 0.3) is 6.43 Å². The van der Waals surface area contributed by atoms with Crippen molar-refractivity contribution in [3.05, 3.63) is 12.2 Å². The zero-order chi connectivity index (χ0) is 10.9. The van der Waals surface area contributed by atoms with E-state index in [1.165, 1.54) is 0 Å². The Bertz CT molecular complexity index is 195. The van der Waals surface area contributed by atoms with Crippen molar-refractivity contribution >= 4 is 0 Å². The van der Waals surface area contributed by atoms with Crippen molar-refractivity contribution in [2.75, 3.05) is 6.67 Å². The van der Waals surface area contributed by atoms with E-state index in [0.717, 1.165) is 0 Å². The molecule has 0 aliphatic carbocycles. The summed E-state index contributed by atoms with van der Waals surface area (Å²) in [6.45, 7) is -0.623. The number of allylic oxidation sites excluding steroid dienone is 1. The van der Waals surface area contributed by atoms with E-state index in [2.05, 4.69) is 6.58 Å². The maximum absolute atomic E-state index is 12.3. The molecule has 0 heterocycles. The van der Waals surface area contributed by atoms with Gasteiger partial charge in [0, 0.05) is 0 Å². The van der Waals surface area contributed by atoms with Gasteiger partial charge >= 0.3 is 11.8 Å². The third kappa shape index (κ3) is 2.13. The maximum Gasteiger partial charge on any atom is 0.342 e. The van der Waals surface area contributed by atoms with Crippen LogP contribution in [0, 0.1) is 0 Å². The van der Waals surface area contributed by atoms with Gasteiger partial charge in [-0.15, -0.1) is 0 Å². The number of hydrogen-bond acceptors (Lipinski definition) is 0. The molecule has 7 heteroatoms. The van der Waals surface area contributed by atoms with Gasteiger partial charge < -0.3 is 0 Å². The molecule has 0 atom stereocenters. The molecule has 0 radical (unpaired) electrons. The summed E-state index contributed by atoms with van der Waals surface area (Å²) in [6, 6.07) is 0. The fourth-order valence-electron chi connectivity index (χ4n) is 0.456. The van der Waals surface area contributed by atoms with E-state index in [0.29, 0.717) is 0 Å². The van der Waals surface area contributed by atoms with E-state index >= 15 is 0 Å². The highest BCUT2D eigenvalue weighted by Gasteiger charge is 2.60. The summed E-state index contributed by atoms with van der Waals surface area (Å²) in [5, 5.41) is 0. The largest absolute Gasteiger partial charge is 0.342 e. The maximum atomic E-state index is 12.3. The molecule has 0 rings (SSSR count). The van der Waals surface area contributed by atoms with Crippen LogP contribution in [0.15, 0.2) is 12.2 Å². The van der Waals surface area contributed by atoms with Gasteiger partial charge in [0.15, 0.2) is 6.67 Å². The van der Waals surface area contributed by atoms with Crippen molar-refractivity contribution in [1.29, 1.82) is 0 Å². The average Bonchev–Trinajstić information content (AvgIpc) is 2.02. The SMILES string of the molecule is C=C(C(F)F)C(F)(F)C(F)(F)CF. The smallest absolute Gasteiger partial charge is 0.244 e. The van der Waals surface area contributed by atoms with Gasteiger partial charge in [0.05, 0.1) is 5.57 Å². The summed E-state index contributed by atoms with van der Waals surface area (Å²) >= 11 is 0. The number of halogens is 7. The van der Waals surface area contributed by atoms with Crippen LogP contribution >= 0.6 is 0 Å². The summed E-state index contributed by atoms with van der Waals surface area (Å²) in [6.07, 6.45) is -3.81. The Kier molecular flexibility index (Phi) is 3.34. The third-order valence-electron chi connectivity index (χ3n) is 1.29. The first-order valence-electron chi connectivity index (χ1n) is 2.96. The molecule has 0 unspecified atom stereocenters. The predicted molar refractivity (Wildman–Crippen MR) is 31.0 cm³/mol. The van der Waals surface area contributed by atoms with Gasteiger partial charge in [0.1, 0.15) is 0 Å². The molecular weight excluding hydrogens is 205 g/mol. The highest BCUT2D eigenvalue weighted by molar-refractivity contribution is 5.15. The molecule has 0 saturated heterocycles. The standard InChI is InChI=1S/C6H5F7/c1-3(4(8)9)6(12,13)5(10,11)2-7/h4H,1-2H2. The first-order chi connectivity index (χ1) is 5.66. The van der Waals surface area contributed by atoms with Gasteiger partial charge in [-0.25, -0.2) is 13.2 Å². The Hall–Kier alpha value is -0.750. The molecule has 13 heavy (non-hydrogen) atoms. The second-order valence-electron chi connectivity index (χ2n) is 2.24. The van der Waals surface area contributed by atoms with E-state index < -0.39 is 30.5 Å². The van der Waals surface area contributed by atoms with Crippen LogP contribution in [0.5, 0.6) is 0 Å². The lowest BCUT2D eigenvalue weighted by atomic mass is 10.1. The molecule has 0 amide bonds. The topological polar surface area (TPSA) is 0 Å². The first-order valence-corrected chi connectivity index (χ1v) is 2.96. The van der Waals surface area contributed by atoms with Crippen molar-refractivity contribution in [3.8, 4) is 0 Å². The van der Waals surface area contributed by atoms with E-state index in [-0.39, 0.29) is 0 Å². The molecule has 78 valence electrons. The lowest BCUT2D eigenvalue weighted by molar-refractivity contribution is -0.200. The van der Waals surface area contributed by atoms with E-state index in [4.69, 9.17) is 0 Å². The summed E-state index contributed by atoms with van der Waals surface area (Å²) in [5.41, 5.74) is -2.28. The highest BCUT2D eigenvalue weighted by atomic mass is 19.3. The molecule has 0 spiro atoms. The molecule has 0 nitrogen and oxygen atoms in total. The normalized spacial score (nSPS) is 13.5. The highest BCUT2D eigenvalue weighted by Crippen LogP contribution is 2.41. The van der Waals surface area contributed by atoms with Crippen LogP contribution in [0.4, 0.5) is 30.7 Å². The third-order valence-corrected chi connectivity index (χ3v) is 1.29. The molecule has 0 aliphatic rings. The quantitative estimate of drug-likeness (QED) is 0.494. The lowest BCUT2D eigenvalue weighted by Gasteiger charge is -2.25. The van der Waals surface area contributed by atoms with Gasteiger partial charge in [-0.1, -0.05) is 6.58 Å². The monoisotopic (exact) mass is 210 g/mol. The Morgan fingerprint density at radius 2 is 1.54 bits per heavy atom. The fourth-order valence-corrected chi connectivity index (χ4v) is 0.456.